The molecule has 1 aliphatic rings. The van der Waals surface area contributed by atoms with Crippen LogP contribution in [0.1, 0.15) is 30.9 Å². The number of piperidine rings is 1. The van der Waals surface area contributed by atoms with Crippen LogP contribution in [0.25, 0.3) is 0 Å². The third-order valence-corrected chi connectivity index (χ3v) is 4.83. The molecule has 6 heteroatoms. The molecular weight excluding hydrogens is 353 g/mol. The Balaban J connectivity index is 1.56. The standard InChI is InChI=1S/C22H26FN5/c1-2-25-22(26-16-18-6-3-5-17(13-18)15-24)27-20-9-11-28(12-10-20)21-8-4-7-19(23)14-21/h3-8,13-14,20H,2,9-12,16H2,1H3,(H2,25,26,27). The molecule has 0 amide bonds. The van der Waals surface area contributed by atoms with E-state index in [1.54, 1.807) is 18.2 Å². The van der Waals surface area contributed by atoms with Crippen molar-refractivity contribution >= 4 is 11.6 Å². The maximum Gasteiger partial charge on any atom is 0.191 e. The smallest absolute Gasteiger partial charge is 0.191 e. The van der Waals surface area contributed by atoms with Crippen LogP contribution in [0, 0.1) is 17.1 Å². The Kier molecular flexibility index (Phi) is 6.85. The molecule has 0 atom stereocenters. The Bertz CT molecular complexity index is 850. The average molecular weight is 379 g/mol. The summed E-state index contributed by atoms with van der Waals surface area (Å²) < 4.78 is 13.4. The van der Waals surface area contributed by atoms with E-state index in [-0.39, 0.29) is 5.82 Å². The predicted molar refractivity (Wildman–Crippen MR) is 111 cm³/mol. The van der Waals surface area contributed by atoms with Gasteiger partial charge in [-0.15, -0.1) is 0 Å². The third-order valence-electron chi connectivity index (χ3n) is 4.83. The number of hydrogen-bond donors (Lipinski definition) is 2. The average Bonchev–Trinajstić information content (AvgIpc) is 2.73. The van der Waals surface area contributed by atoms with Crippen molar-refractivity contribution in [2.45, 2.75) is 32.4 Å². The SMILES string of the molecule is CCNC(=NCc1cccc(C#N)c1)NC1CCN(c2cccc(F)c2)CC1. The van der Waals surface area contributed by atoms with E-state index in [0.29, 0.717) is 18.2 Å². The molecule has 3 rings (SSSR count). The number of rotatable bonds is 5. The monoisotopic (exact) mass is 379 g/mol. The first-order chi connectivity index (χ1) is 13.7. The van der Waals surface area contributed by atoms with Gasteiger partial charge in [0.2, 0.25) is 0 Å². The highest BCUT2D eigenvalue weighted by molar-refractivity contribution is 5.80. The molecule has 1 fully saturated rings. The van der Waals surface area contributed by atoms with Gasteiger partial charge in [0, 0.05) is 31.4 Å². The number of guanidine groups is 1. The molecule has 0 aromatic heterocycles. The quantitative estimate of drug-likeness (QED) is 0.617. The van der Waals surface area contributed by atoms with Crippen LogP contribution >= 0.6 is 0 Å². The lowest BCUT2D eigenvalue weighted by Crippen LogP contribution is -2.48. The molecule has 0 radical (unpaired) electrons. The summed E-state index contributed by atoms with van der Waals surface area (Å²) in [6.07, 6.45) is 1.93. The second-order valence-corrected chi connectivity index (χ2v) is 6.89. The van der Waals surface area contributed by atoms with Gasteiger partial charge in [-0.1, -0.05) is 18.2 Å². The van der Waals surface area contributed by atoms with Crippen molar-refractivity contribution in [1.29, 1.82) is 5.26 Å². The molecule has 1 aliphatic heterocycles. The molecule has 1 saturated heterocycles. The Labute approximate surface area is 165 Å². The van der Waals surface area contributed by atoms with Crippen molar-refractivity contribution < 1.29 is 4.39 Å². The molecule has 146 valence electrons. The highest BCUT2D eigenvalue weighted by Crippen LogP contribution is 2.20. The van der Waals surface area contributed by atoms with Crippen LogP contribution in [0.4, 0.5) is 10.1 Å². The molecule has 0 spiro atoms. The van der Waals surface area contributed by atoms with Crippen molar-refractivity contribution in [3.05, 3.63) is 65.5 Å². The summed E-state index contributed by atoms with van der Waals surface area (Å²) in [5.74, 6) is 0.592. The highest BCUT2D eigenvalue weighted by atomic mass is 19.1. The van der Waals surface area contributed by atoms with E-state index in [0.717, 1.165) is 49.7 Å². The molecule has 2 N–H and O–H groups in total. The number of aliphatic imine (C=N–C) groups is 1. The summed E-state index contributed by atoms with van der Waals surface area (Å²) in [5, 5.41) is 15.8. The fraction of sp³-hybridized carbons (Fsp3) is 0.364. The van der Waals surface area contributed by atoms with Crippen molar-refractivity contribution in [2.24, 2.45) is 4.99 Å². The number of anilines is 1. The van der Waals surface area contributed by atoms with Crippen molar-refractivity contribution in [1.82, 2.24) is 10.6 Å². The Morgan fingerprint density at radius 3 is 2.71 bits per heavy atom. The van der Waals surface area contributed by atoms with Crippen molar-refractivity contribution in [3.63, 3.8) is 0 Å². The van der Waals surface area contributed by atoms with Gasteiger partial charge in [-0.05, 0) is 55.7 Å². The first-order valence-corrected chi connectivity index (χ1v) is 9.72. The molecule has 0 unspecified atom stereocenters. The third kappa shape index (κ3) is 5.46. The first kappa shape index (κ1) is 19.7. The zero-order chi connectivity index (χ0) is 19.8. The maximum atomic E-state index is 13.4. The van der Waals surface area contributed by atoms with Gasteiger partial charge in [0.05, 0.1) is 18.2 Å². The van der Waals surface area contributed by atoms with E-state index >= 15 is 0 Å². The lowest BCUT2D eigenvalue weighted by atomic mass is 10.0. The molecule has 0 aliphatic carbocycles. The van der Waals surface area contributed by atoms with Gasteiger partial charge in [0.25, 0.3) is 0 Å². The van der Waals surface area contributed by atoms with Gasteiger partial charge in [-0.25, -0.2) is 9.38 Å². The van der Waals surface area contributed by atoms with Crippen LogP contribution in [-0.4, -0.2) is 31.6 Å². The molecule has 1 heterocycles. The second kappa shape index (κ2) is 9.75. The minimum atomic E-state index is -0.195. The molecule has 0 bridgehead atoms. The van der Waals surface area contributed by atoms with Gasteiger partial charge < -0.3 is 15.5 Å². The van der Waals surface area contributed by atoms with E-state index in [1.165, 1.54) is 6.07 Å². The van der Waals surface area contributed by atoms with E-state index in [9.17, 15) is 4.39 Å². The summed E-state index contributed by atoms with van der Waals surface area (Å²) in [7, 11) is 0. The van der Waals surface area contributed by atoms with Gasteiger partial charge in [0.15, 0.2) is 5.96 Å². The van der Waals surface area contributed by atoms with Crippen molar-refractivity contribution in [3.8, 4) is 6.07 Å². The summed E-state index contributed by atoms with van der Waals surface area (Å²) in [4.78, 5) is 6.88. The Morgan fingerprint density at radius 1 is 1.21 bits per heavy atom. The molecule has 2 aromatic carbocycles. The summed E-state index contributed by atoms with van der Waals surface area (Å²) in [6.45, 7) is 5.11. The van der Waals surface area contributed by atoms with Gasteiger partial charge >= 0.3 is 0 Å². The lowest BCUT2D eigenvalue weighted by molar-refractivity contribution is 0.461. The van der Waals surface area contributed by atoms with Crippen LogP contribution in [-0.2, 0) is 6.54 Å². The number of nitrogens with zero attached hydrogens (tertiary/aromatic N) is 3. The molecule has 28 heavy (non-hydrogen) atoms. The largest absolute Gasteiger partial charge is 0.371 e. The fourth-order valence-corrected chi connectivity index (χ4v) is 3.38. The van der Waals surface area contributed by atoms with Crippen LogP contribution < -0.4 is 15.5 Å². The lowest BCUT2D eigenvalue weighted by Gasteiger charge is -2.34. The maximum absolute atomic E-state index is 13.4. The minimum Gasteiger partial charge on any atom is -0.371 e. The topological polar surface area (TPSA) is 63.5 Å². The fourth-order valence-electron chi connectivity index (χ4n) is 3.38. The number of nitriles is 1. The van der Waals surface area contributed by atoms with Gasteiger partial charge in [-0.2, -0.15) is 5.26 Å². The zero-order valence-corrected chi connectivity index (χ0v) is 16.2. The van der Waals surface area contributed by atoms with Crippen LogP contribution in [0.15, 0.2) is 53.5 Å². The highest BCUT2D eigenvalue weighted by Gasteiger charge is 2.20. The Hall–Kier alpha value is -3.07. The zero-order valence-electron chi connectivity index (χ0n) is 16.2. The van der Waals surface area contributed by atoms with E-state index in [4.69, 9.17) is 5.26 Å². The summed E-state index contributed by atoms with van der Waals surface area (Å²) in [6, 6.07) is 16.8. The number of hydrogen-bond acceptors (Lipinski definition) is 3. The first-order valence-electron chi connectivity index (χ1n) is 9.72. The summed E-state index contributed by atoms with van der Waals surface area (Å²) >= 11 is 0. The van der Waals surface area contributed by atoms with Crippen LogP contribution in [0.3, 0.4) is 0 Å². The molecule has 2 aromatic rings. The number of nitrogens with one attached hydrogen (secondary N) is 2. The van der Waals surface area contributed by atoms with Gasteiger partial charge in [-0.3, -0.25) is 0 Å². The Morgan fingerprint density at radius 2 is 2.00 bits per heavy atom. The van der Waals surface area contributed by atoms with E-state index in [2.05, 4.69) is 26.6 Å². The molecular formula is C22H26FN5. The second-order valence-electron chi connectivity index (χ2n) is 6.89. The van der Waals surface area contributed by atoms with Gasteiger partial charge in [0.1, 0.15) is 5.82 Å². The molecule has 5 nitrogen and oxygen atoms in total. The van der Waals surface area contributed by atoms with Crippen LogP contribution in [0.5, 0.6) is 0 Å². The normalized spacial score (nSPS) is 15.2. The van der Waals surface area contributed by atoms with Crippen molar-refractivity contribution in [2.75, 3.05) is 24.5 Å². The predicted octanol–water partition coefficient (Wildman–Crippen LogP) is 3.42. The number of halogens is 1. The minimum absolute atomic E-state index is 0.195. The summed E-state index contributed by atoms with van der Waals surface area (Å²) in [5.41, 5.74) is 2.60. The van der Waals surface area contributed by atoms with E-state index in [1.807, 2.05) is 31.2 Å². The van der Waals surface area contributed by atoms with Crippen LogP contribution in [0.2, 0.25) is 0 Å². The molecule has 0 saturated carbocycles. The number of benzene rings is 2. The van der Waals surface area contributed by atoms with E-state index < -0.39 is 0 Å².